The molecular weight excluding hydrogens is 467 g/mol. The van der Waals surface area contributed by atoms with E-state index < -0.39 is 27.7 Å². The molecule has 0 atom stereocenters. The van der Waals surface area contributed by atoms with Gasteiger partial charge < -0.3 is 10.1 Å². The number of esters is 1. The average Bonchev–Trinajstić information content (AvgIpc) is 3.16. The predicted octanol–water partition coefficient (Wildman–Crippen LogP) is 4.61. The number of carbonyl (C=O) groups excluding carboxylic acids is 2. The van der Waals surface area contributed by atoms with Crippen molar-refractivity contribution in [2.45, 2.75) is 30.6 Å². The van der Waals surface area contributed by atoms with Crippen molar-refractivity contribution in [1.82, 2.24) is 0 Å². The van der Waals surface area contributed by atoms with Crippen molar-refractivity contribution in [1.29, 1.82) is 0 Å². The Morgan fingerprint density at radius 3 is 2.33 bits per heavy atom. The summed E-state index contributed by atoms with van der Waals surface area (Å²) >= 11 is 1.39. The fourth-order valence-electron chi connectivity index (χ4n) is 3.66. The predicted molar refractivity (Wildman–Crippen MR) is 124 cm³/mol. The van der Waals surface area contributed by atoms with Gasteiger partial charge in [-0.25, -0.2) is 17.6 Å². The molecule has 1 aliphatic rings. The van der Waals surface area contributed by atoms with Crippen LogP contribution in [0.5, 0.6) is 0 Å². The minimum atomic E-state index is -3.90. The van der Waals surface area contributed by atoms with E-state index in [9.17, 15) is 22.4 Å². The van der Waals surface area contributed by atoms with Gasteiger partial charge in [0.2, 0.25) is 0 Å². The number of rotatable bonds is 6. The molecule has 7 nitrogen and oxygen atoms in total. The van der Waals surface area contributed by atoms with Gasteiger partial charge in [0.1, 0.15) is 10.8 Å². The minimum absolute atomic E-state index is 0.0808. The van der Waals surface area contributed by atoms with Crippen LogP contribution >= 0.6 is 11.3 Å². The zero-order valence-electron chi connectivity index (χ0n) is 17.7. The largest absolute Gasteiger partial charge is 0.465 e. The van der Waals surface area contributed by atoms with Gasteiger partial charge in [-0.3, -0.25) is 9.52 Å². The van der Waals surface area contributed by atoms with Crippen LogP contribution in [0, 0.1) is 5.82 Å². The van der Waals surface area contributed by atoms with Crippen LogP contribution < -0.4 is 10.0 Å². The van der Waals surface area contributed by atoms with Crippen LogP contribution in [0.25, 0.3) is 0 Å². The monoisotopic (exact) mass is 488 g/mol. The molecule has 0 aliphatic heterocycles. The summed E-state index contributed by atoms with van der Waals surface area (Å²) in [6.07, 6.45) is 3.66. The van der Waals surface area contributed by atoms with Gasteiger partial charge in [0.25, 0.3) is 15.9 Å². The zero-order valence-corrected chi connectivity index (χ0v) is 19.3. The molecule has 0 bridgehead atoms. The van der Waals surface area contributed by atoms with Crippen molar-refractivity contribution in [3.63, 3.8) is 0 Å². The molecule has 0 saturated heterocycles. The normalized spacial score (nSPS) is 13.2. The fourth-order valence-corrected chi connectivity index (χ4v) is 6.00. The first-order valence-corrected chi connectivity index (χ1v) is 12.5. The minimum Gasteiger partial charge on any atom is -0.465 e. The van der Waals surface area contributed by atoms with E-state index in [1.54, 1.807) is 0 Å². The molecule has 2 aromatic carbocycles. The summed E-state index contributed by atoms with van der Waals surface area (Å²) in [6.45, 7) is 0. The van der Waals surface area contributed by atoms with Crippen LogP contribution in [0.1, 0.15) is 44.0 Å². The first kappa shape index (κ1) is 22.9. The van der Waals surface area contributed by atoms with E-state index in [-0.39, 0.29) is 10.6 Å². The number of benzene rings is 2. The molecule has 4 rings (SSSR count). The quantitative estimate of drug-likeness (QED) is 0.494. The maximum atomic E-state index is 13.1. The van der Waals surface area contributed by atoms with Crippen LogP contribution in [0.3, 0.4) is 0 Å². The third kappa shape index (κ3) is 4.91. The Morgan fingerprint density at radius 2 is 1.67 bits per heavy atom. The Kier molecular flexibility index (Phi) is 6.48. The molecule has 1 aromatic heterocycles. The number of hydrogen-bond acceptors (Lipinski definition) is 6. The highest BCUT2D eigenvalue weighted by Crippen LogP contribution is 2.38. The number of thiophene rings is 1. The topological polar surface area (TPSA) is 102 Å². The second-order valence-corrected chi connectivity index (χ2v) is 10.3. The fraction of sp³-hybridized carbons (Fsp3) is 0.217. The standard InChI is InChI=1S/C23H21FN2O5S2/c1-31-23(28)20-18-4-2-3-5-19(18)32-22(20)25-21(27)14-6-10-16(11-7-14)26-33(29,30)17-12-8-15(24)9-13-17/h6-13,26H,2-5H2,1H3,(H,25,27). The van der Waals surface area contributed by atoms with Crippen LogP contribution in [0.15, 0.2) is 53.4 Å². The van der Waals surface area contributed by atoms with Gasteiger partial charge in [0, 0.05) is 16.1 Å². The number of aryl methyl sites for hydroxylation is 1. The van der Waals surface area contributed by atoms with E-state index >= 15 is 0 Å². The lowest BCUT2D eigenvalue weighted by Gasteiger charge is -2.12. The Hall–Kier alpha value is -3.24. The van der Waals surface area contributed by atoms with Gasteiger partial charge >= 0.3 is 5.97 Å². The molecule has 0 unspecified atom stereocenters. The van der Waals surface area contributed by atoms with Crippen molar-refractivity contribution in [3.05, 3.63) is 75.9 Å². The Morgan fingerprint density at radius 1 is 1.00 bits per heavy atom. The highest BCUT2D eigenvalue weighted by Gasteiger charge is 2.27. The maximum Gasteiger partial charge on any atom is 0.341 e. The van der Waals surface area contributed by atoms with Crippen LogP contribution in [0.2, 0.25) is 0 Å². The summed E-state index contributed by atoms with van der Waals surface area (Å²) in [5.74, 6) is -1.44. The lowest BCUT2D eigenvalue weighted by molar-refractivity contribution is 0.0601. The molecule has 1 amide bonds. The first-order valence-electron chi connectivity index (χ1n) is 10.2. The summed E-state index contributed by atoms with van der Waals surface area (Å²) in [6, 6.07) is 10.3. The Labute approximate surface area is 194 Å². The number of sulfonamides is 1. The number of fused-ring (bicyclic) bond motifs is 1. The molecule has 33 heavy (non-hydrogen) atoms. The Bertz CT molecular complexity index is 1300. The number of methoxy groups -OCH3 is 1. The lowest BCUT2D eigenvalue weighted by Crippen LogP contribution is -2.15. The highest BCUT2D eigenvalue weighted by atomic mass is 32.2. The van der Waals surface area contributed by atoms with Crippen molar-refractivity contribution in [2.24, 2.45) is 0 Å². The van der Waals surface area contributed by atoms with Crippen molar-refractivity contribution in [2.75, 3.05) is 17.1 Å². The van der Waals surface area contributed by atoms with E-state index in [0.29, 0.717) is 16.1 Å². The summed E-state index contributed by atoms with van der Waals surface area (Å²) in [4.78, 5) is 26.2. The van der Waals surface area contributed by atoms with E-state index in [0.717, 1.165) is 48.3 Å². The molecule has 0 spiro atoms. The molecule has 1 aliphatic carbocycles. The van der Waals surface area contributed by atoms with E-state index in [2.05, 4.69) is 10.0 Å². The molecular formula is C23H21FN2O5S2. The average molecular weight is 489 g/mol. The van der Waals surface area contributed by atoms with Crippen molar-refractivity contribution < 1.29 is 27.1 Å². The smallest absolute Gasteiger partial charge is 0.341 e. The second kappa shape index (κ2) is 9.32. The first-order chi connectivity index (χ1) is 15.8. The molecule has 0 radical (unpaired) electrons. The molecule has 0 fully saturated rings. The number of halogens is 1. The SMILES string of the molecule is COC(=O)c1c(NC(=O)c2ccc(NS(=O)(=O)c3ccc(F)cc3)cc2)sc2c1CCCC2. The lowest BCUT2D eigenvalue weighted by atomic mass is 9.95. The molecule has 1 heterocycles. The Balaban J connectivity index is 1.51. The van der Waals surface area contributed by atoms with Gasteiger partial charge in [0.05, 0.1) is 17.6 Å². The van der Waals surface area contributed by atoms with Gasteiger partial charge in [-0.05, 0) is 79.8 Å². The summed E-state index contributed by atoms with van der Waals surface area (Å²) in [5, 5.41) is 3.26. The highest BCUT2D eigenvalue weighted by molar-refractivity contribution is 7.92. The van der Waals surface area contributed by atoms with Crippen molar-refractivity contribution >= 4 is 43.9 Å². The van der Waals surface area contributed by atoms with Crippen molar-refractivity contribution in [3.8, 4) is 0 Å². The van der Waals surface area contributed by atoms with E-state index in [1.807, 2.05) is 0 Å². The zero-order chi connectivity index (χ0) is 23.6. The van der Waals surface area contributed by atoms with Gasteiger partial charge in [-0.2, -0.15) is 0 Å². The van der Waals surface area contributed by atoms with E-state index in [1.165, 1.54) is 54.8 Å². The van der Waals surface area contributed by atoms with Gasteiger partial charge in [-0.1, -0.05) is 0 Å². The molecule has 0 saturated carbocycles. The summed E-state index contributed by atoms with van der Waals surface area (Å²) in [7, 11) is -2.59. The molecule has 10 heteroatoms. The third-order valence-electron chi connectivity index (χ3n) is 5.31. The van der Waals surface area contributed by atoms with Gasteiger partial charge in [-0.15, -0.1) is 11.3 Å². The summed E-state index contributed by atoms with van der Waals surface area (Å²) in [5.41, 5.74) is 1.90. The third-order valence-corrected chi connectivity index (χ3v) is 7.92. The number of amides is 1. The number of anilines is 2. The number of ether oxygens (including phenoxy) is 1. The number of hydrogen-bond donors (Lipinski definition) is 2. The number of carbonyl (C=O) groups is 2. The van der Waals surface area contributed by atoms with Crippen LogP contribution in [-0.2, 0) is 27.6 Å². The second-order valence-electron chi connectivity index (χ2n) is 7.50. The number of nitrogens with one attached hydrogen (secondary N) is 2. The molecule has 2 N–H and O–H groups in total. The molecule has 3 aromatic rings. The molecule has 172 valence electrons. The summed E-state index contributed by atoms with van der Waals surface area (Å²) < 4.78 is 45.3. The van der Waals surface area contributed by atoms with E-state index in [4.69, 9.17) is 4.74 Å². The maximum absolute atomic E-state index is 13.1. The van der Waals surface area contributed by atoms with Crippen LogP contribution in [-0.4, -0.2) is 27.4 Å². The van der Waals surface area contributed by atoms with Gasteiger partial charge in [0.15, 0.2) is 0 Å². The van der Waals surface area contributed by atoms with Crippen LogP contribution in [0.4, 0.5) is 15.1 Å².